The molecule has 0 saturated heterocycles. The Morgan fingerprint density at radius 2 is 1.81 bits per heavy atom. The van der Waals surface area contributed by atoms with Gasteiger partial charge in [-0.15, -0.1) is 0 Å². The van der Waals surface area contributed by atoms with Crippen LogP contribution in [0.1, 0.15) is 61.1 Å². The van der Waals surface area contributed by atoms with Gasteiger partial charge in [0.15, 0.2) is 5.82 Å². The number of hydrogen-bond acceptors (Lipinski definition) is 4. The molecule has 2 heterocycles. The van der Waals surface area contributed by atoms with Crippen molar-refractivity contribution < 1.29 is 0 Å². The lowest BCUT2D eigenvalue weighted by molar-refractivity contribution is 0.525. The van der Waals surface area contributed by atoms with Crippen molar-refractivity contribution in [2.75, 3.05) is 5.32 Å². The van der Waals surface area contributed by atoms with Gasteiger partial charge < -0.3 is 5.32 Å². The molecule has 1 aliphatic carbocycles. The van der Waals surface area contributed by atoms with Gasteiger partial charge in [0, 0.05) is 27.8 Å². The predicted octanol–water partition coefficient (Wildman–Crippen LogP) is 5.35. The summed E-state index contributed by atoms with van der Waals surface area (Å²) in [6.45, 7) is 0. The van der Waals surface area contributed by atoms with Gasteiger partial charge in [-0.3, -0.25) is 5.10 Å². The van der Waals surface area contributed by atoms with E-state index in [0.717, 1.165) is 45.5 Å². The molecule has 1 saturated carbocycles. The molecule has 1 atom stereocenters. The zero-order chi connectivity index (χ0) is 18.8. The fourth-order valence-electron chi connectivity index (χ4n) is 4.32. The monoisotopic (exact) mass is 421 g/mol. The first-order chi connectivity index (χ1) is 13.2. The Balaban J connectivity index is 1.88. The van der Waals surface area contributed by atoms with Crippen LogP contribution in [0, 0.1) is 28.6 Å². The highest BCUT2D eigenvalue weighted by Crippen LogP contribution is 2.46. The molecule has 27 heavy (non-hydrogen) atoms. The third-order valence-corrected chi connectivity index (χ3v) is 6.54. The van der Waals surface area contributed by atoms with Crippen molar-refractivity contribution in [3.63, 3.8) is 0 Å². The molecule has 0 amide bonds. The highest BCUT2D eigenvalue weighted by atomic mass is 79.9. The summed E-state index contributed by atoms with van der Waals surface area (Å²) in [5.74, 6) is 0.908. The number of nitrogens with one attached hydrogen (secondary N) is 2. The average molecular weight is 422 g/mol. The first-order valence-electron chi connectivity index (χ1n) is 9.38. The Hall–Kier alpha value is -2.57. The fraction of sp³-hybridized carbons (Fsp3) is 0.381. The van der Waals surface area contributed by atoms with Crippen LogP contribution in [0.25, 0.3) is 0 Å². The number of aromatic nitrogens is 2. The predicted molar refractivity (Wildman–Crippen MR) is 107 cm³/mol. The molecule has 1 aromatic heterocycles. The van der Waals surface area contributed by atoms with Crippen LogP contribution in [-0.2, 0) is 0 Å². The van der Waals surface area contributed by atoms with Gasteiger partial charge in [0.25, 0.3) is 0 Å². The fourth-order valence-corrected chi connectivity index (χ4v) is 4.90. The minimum atomic E-state index is -0.231. The highest BCUT2D eigenvalue weighted by molar-refractivity contribution is 9.10. The summed E-state index contributed by atoms with van der Waals surface area (Å²) < 4.78 is 0.750. The normalized spacial score (nSPS) is 20.2. The highest BCUT2D eigenvalue weighted by Gasteiger charge is 2.35. The second kappa shape index (κ2) is 7.58. The summed E-state index contributed by atoms with van der Waals surface area (Å²) in [4.78, 5) is 0. The third kappa shape index (κ3) is 3.15. The van der Waals surface area contributed by atoms with Crippen LogP contribution < -0.4 is 5.32 Å². The van der Waals surface area contributed by atoms with Gasteiger partial charge in [-0.05, 0) is 40.4 Å². The van der Waals surface area contributed by atoms with Crippen LogP contribution in [0.3, 0.4) is 0 Å². The van der Waals surface area contributed by atoms with E-state index in [-0.39, 0.29) is 5.92 Å². The average Bonchev–Trinajstić information content (AvgIpc) is 2.99. The number of allylic oxidation sites excluding steroid dienone is 2. The van der Waals surface area contributed by atoms with E-state index in [1.807, 2.05) is 18.3 Å². The molecule has 2 aliphatic rings. The van der Waals surface area contributed by atoms with Crippen LogP contribution >= 0.6 is 15.9 Å². The molecular formula is C21H20BrN5. The van der Waals surface area contributed by atoms with Crippen LogP contribution in [0.4, 0.5) is 5.82 Å². The Kier molecular flexibility index (Phi) is 5.01. The maximum Gasteiger partial charge on any atom is 0.156 e. The molecule has 1 aliphatic heterocycles. The third-order valence-electron chi connectivity index (χ3n) is 5.66. The second-order valence-electron chi connectivity index (χ2n) is 7.20. The summed E-state index contributed by atoms with van der Waals surface area (Å²) in [7, 11) is 0. The number of H-pyrrole nitrogens is 1. The van der Waals surface area contributed by atoms with Crippen LogP contribution in [0.2, 0.25) is 0 Å². The van der Waals surface area contributed by atoms with Crippen molar-refractivity contribution in [2.45, 2.75) is 44.4 Å². The van der Waals surface area contributed by atoms with Gasteiger partial charge in [-0.25, -0.2) is 0 Å². The molecule has 1 unspecified atom stereocenters. The van der Waals surface area contributed by atoms with Gasteiger partial charge in [-0.2, -0.15) is 15.6 Å². The zero-order valence-electron chi connectivity index (χ0n) is 14.9. The van der Waals surface area contributed by atoms with Gasteiger partial charge in [0.05, 0.1) is 23.1 Å². The van der Waals surface area contributed by atoms with E-state index in [1.165, 1.54) is 25.7 Å². The SMILES string of the molecule is N#CC1=C(C2CCCCCC2)Nc2n[nH]cc2C1c1cccc(C#N)c1Br. The maximum atomic E-state index is 10.1. The molecule has 0 bridgehead atoms. The van der Waals surface area contributed by atoms with E-state index in [9.17, 15) is 10.5 Å². The van der Waals surface area contributed by atoms with Crippen LogP contribution in [0.15, 0.2) is 40.1 Å². The molecule has 2 aromatic rings. The van der Waals surface area contributed by atoms with E-state index in [2.05, 4.69) is 43.6 Å². The first kappa shape index (κ1) is 17.8. The number of benzene rings is 1. The van der Waals surface area contributed by atoms with Gasteiger partial charge in [-0.1, -0.05) is 37.8 Å². The lowest BCUT2D eigenvalue weighted by Gasteiger charge is -2.30. The number of hydrogen-bond donors (Lipinski definition) is 2. The summed E-state index contributed by atoms with van der Waals surface area (Å²) in [6.07, 6.45) is 8.95. The van der Waals surface area contributed by atoms with E-state index >= 15 is 0 Å². The molecular weight excluding hydrogens is 402 g/mol. The number of halogens is 1. The second-order valence-corrected chi connectivity index (χ2v) is 7.99. The van der Waals surface area contributed by atoms with Gasteiger partial charge in [0.2, 0.25) is 0 Å². The number of anilines is 1. The molecule has 6 heteroatoms. The number of aromatic amines is 1. The van der Waals surface area contributed by atoms with Crippen molar-refractivity contribution in [2.24, 2.45) is 5.92 Å². The van der Waals surface area contributed by atoms with E-state index in [1.54, 1.807) is 6.07 Å². The molecule has 2 N–H and O–H groups in total. The summed E-state index contributed by atoms with van der Waals surface area (Å²) in [6, 6.07) is 10.4. The molecule has 136 valence electrons. The summed E-state index contributed by atoms with van der Waals surface area (Å²) in [5, 5.41) is 30.3. The van der Waals surface area contributed by atoms with E-state index < -0.39 is 0 Å². The van der Waals surface area contributed by atoms with E-state index in [4.69, 9.17) is 0 Å². The number of nitrogens with zero attached hydrogens (tertiary/aromatic N) is 3. The minimum absolute atomic E-state index is 0.231. The molecule has 0 radical (unpaired) electrons. The number of rotatable bonds is 2. The lowest BCUT2D eigenvalue weighted by Crippen LogP contribution is -2.23. The standard InChI is InChI=1S/C21H20BrN5/c22-19-14(10-23)8-5-9-15(19)18-16(11-24)20(13-6-3-1-2-4-7-13)26-21-17(18)12-25-27-21/h5,8-9,12-13,18H,1-4,6-7H2,(H2,25,26,27). The lowest BCUT2D eigenvalue weighted by atomic mass is 9.79. The van der Waals surface area contributed by atoms with Crippen LogP contribution in [0.5, 0.6) is 0 Å². The van der Waals surface area contributed by atoms with Crippen molar-refractivity contribution >= 4 is 21.7 Å². The van der Waals surface area contributed by atoms with Crippen molar-refractivity contribution in [3.05, 3.63) is 56.8 Å². The molecule has 4 rings (SSSR count). The topological polar surface area (TPSA) is 88.3 Å². The van der Waals surface area contributed by atoms with Crippen molar-refractivity contribution in [1.29, 1.82) is 10.5 Å². The van der Waals surface area contributed by atoms with Gasteiger partial charge in [0.1, 0.15) is 6.07 Å². The molecule has 5 nitrogen and oxygen atoms in total. The first-order valence-corrected chi connectivity index (χ1v) is 10.2. The Labute approximate surface area is 167 Å². The molecule has 0 spiro atoms. The Morgan fingerprint density at radius 1 is 1.04 bits per heavy atom. The Bertz CT molecular complexity index is 967. The zero-order valence-corrected chi connectivity index (χ0v) is 16.5. The largest absolute Gasteiger partial charge is 0.341 e. The van der Waals surface area contributed by atoms with E-state index in [0.29, 0.717) is 11.5 Å². The molecule has 1 aromatic carbocycles. The quantitative estimate of drug-likeness (QED) is 0.639. The van der Waals surface area contributed by atoms with Crippen molar-refractivity contribution in [1.82, 2.24) is 10.2 Å². The summed E-state index contributed by atoms with van der Waals surface area (Å²) >= 11 is 3.60. The molecule has 1 fully saturated rings. The number of nitriles is 2. The number of fused-ring (bicyclic) bond motifs is 1. The summed E-state index contributed by atoms with van der Waals surface area (Å²) in [5.41, 5.74) is 4.20. The van der Waals surface area contributed by atoms with Crippen LogP contribution in [-0.4, -0.2) is 10.2 Å². The van der Waals surface area contributed by atoms with Crippen molar-refractivity contribution in [3.8, 4) is 12.1 Å². The maximum absolute atomic E-state index is 10.1. The Morgan fingerprint density at radius 3 is 2.52 bits per heavy atom. The smallest absolute Gasteiger partial charge is 0.156 e. The minimum Gasteiger partial charge on any atom is -0.341 e. The van der Waals surface area contributed by atoms with Gasteiger partial charge >= 0.3 is 0 Å².